The Kier molecular flexibility index (Phi) is 65.0. The van der Waals surface area contributed by atoms with Gasteiger partial charge in [-0.25, -0.2) is 9.13 Å². The van der Waals surface area contributed by atoms with Crippen LogP contribution in [-0.2, 0) is 65.4 Å². The van der Waals surface area contributed by atoms with Crippen molar-refractivity contribution in [2.45, 2.75) is 408 Å². The molecule has 0 heterocycles. The minimum Gasteiger partial charge on any atom is -0.462 e. The van der Waals surface area contributed by atoms with Gasteiger partial charge in [0.15, 0.2) is 12.2 Å². The molecular weight excluding hydrogens is 1260 g/mol. The second kappa shape index (κ2) is 66.3. The van der Waals surface area contributed by atoms with Crippen LogP contribution in [0, 0.1) is 23.7 Å². The molecule has 96 heavy (non-hydrogen) atoms. The molecule has 2 unspecified atom stereocenters. The molecule has 0 saturated heterocycles. The van der Waals surface area contributed by atoms with Gasteiger partial charge in [-0.1, -0.05) is 338 Å². The fourth-order valence-electron chi connectivity index (χ4n) is 11.7. The van der Waals surface area contributed by atoms with Crippen molar-refractivity contribution >= 4 is 39.5 Å². The lowest BCUT2D eigenvalue weighted by atomic mass is 10.0. The maximum atomic E-state index is 13.1. The lowest BCUT2D eigenvalue weighted by Crippen LogP contribution is -2.30. The molecular formula is C77H150O17P2. The van der Waals surface area contributed by atoms with Crippen molar-refractivity contribution in [1.29, 1.82) is 0 Å². The summed E-state index contributed by atoms with van der Waals surface area (Å²) < 4.78 is 68.5. The smallest absolute Gasteiger partial charge is 0.462 e. The average molecular weight is 1410 g/mol. The molecule has 0 aromatic rings. The van der Waals surface area contributed by atoms with Gasteiger partial charge in [0.2, 0.25) is 0 Å². The fraction of sp³-hybridized carbons (Fsp3) is 0.948. The van der Waals surface area contributed by atoms with E-state index >= 15 is 0 Å². The number of aliphatic hydroxyl groups is 1. The molecule has 0 rings (SSSR count). The maximum Gasteiger partial charge on any atom is 0.472 e. The van der Waals surface area contributed by atoms with Crippen LogP contribution in [0.4, 0.5) is 0 Å². The molecule has 0 aliphatic carbocycles. The van der Waals surface area contributed by atoms with Crippen LogP contribution >= 0.6 is 15.6 Å². The fourth-order valence-corrected chi connectivity index (χ4v) is 13.3. The van der Waals surface area contributed by atoms with E-state index in [1.165, 1.54) is 186 Å². The van der Waals surface area contributed by atoms with Crippen LogP contribution in [0.2, 0.25) is 0 Å². The topological polar surface area (TPSA) is 237 Å². The van der Waals surface area contributed by atoms with E-state index in [0.29, 0.717) is 31.6 Å². The number of carbonyl (C=O) groups is 4. The zero-order chi connectivity index (χ0) is 71.0. The summed E-state index contributed by atoms with van der Waals surface area (Å²) in [6.45, 7) is 14.2. The second-order valence-electron chi connectivity index (χ2n) is 29.7. The zero-order valence-corrected chi connectivity index (χ0v) is 64.8. The Labute approximate surface area is 588 Å². The summed E-state index contributed by atoms with van der Waals surface area (Å²) in [5.74, 6) is 0.910. The highest BCUT2D eigenvalue weighted by Gasteiger charge is 2.30. The van der Waals surface area contributed by atoms with E-state index in [4.69, 9.17) is 37.0 Å². The summed E-state index contributed by atoms with van der Waals surface area (Å²) in [5.41, 5.74) is 0. The van der Waals surface area contributed by atoms with Crippen LogP contribution < -0.4 is 0 Å². The number of hydrogen-bond donors (Lipinski definition) is 3. The second-order valence-corrected chi connectivity index (χ2v) is 32.6. The maximum absolute atomic E-state index is 13.1. The summed E-state index contributed by atoms with van der Waals surface area (Å²) in [6, 6.07) is 0. The predicted molar refractivity (Wildman–Crippen MR) is 391 cm³/mol. The van der Waals surface area contributed by atoms with Gasteiger partial charge in [0.1, 0.15) is 19.3 Å². The third-order valence-corrected chi connectivity index (χ3v) is 19.7. The highest BCUT2D eigenvalue weighted by atomic mass is 31.2. The van der Waals surface area contributed by atoms with Gasteiger partial charge < -0.3 is 33.8 Å². The number of carbonyl (C=O) groups excluding carboxylic acids is 4. The van der Waals surface area contributed by atoms with Crippen molar-refractivity contribution in [3.63, 3.8) is 0 Å². The molecule has 570 valence electrons. The van der Waals surface area contributed by atoms with Crippen LogP contribution in [0.5, 0.6) is 0 Å². The van der Waals surface area contributed by atoms with Crippen LogP contribution in [0.15, 0.2) is 0 Å². The average Bonchev–Trinajstić information content (AvgIpc) is 1.12. The minimum atomic E-state index is -4.96. The summed E-state index contributed by atoms with van der Waals surface area (Å²) in [7, 11) is -9.91. The molecule has 3 N–H and O–H groups in total. The van der Waals surface area contributed by atoms with Crippen molar-refractivity contribution in [3.05, 3.63) is 0 Å². The Balaban J connectivity index is 5.23. The van der Waals surface area contributed by atoms with Gasteiger partial charge >= 0.3 is 39.5 Å². The number of phosphoric ester groups is 2. The SMILES string of the molecule is CC(C)CCCCCCCCCCCCCCCCC(=O)OC[C@H](COP(=O)(O)OC[C@@H](O)COP(=O)(O)OC[C@@H](COC(=O)CCCCCCCCC(C)C)OC(=O)CCCCCCCCCCCCCCCC(C)C)OC(=O)CCCCCCCCCCCCCC(C)C. The van der Waals surface area contributed by atoms with Gasteiger partial charge in [-0.3, -0.25) is 37.3 Å². The number of aliphatic hydroxyl groups excluding tert-OH is 1. The number of ether oxygens (including phenoxy) is 4. The first kappa shape index (κ1) is 94.1. The van der Waals surface area contributed by atoms with Gasteiger partial charge in [-0.15, -0.1) is 0 Å². The highest BCUT2D eigenvalue weighted by molar-refractivity contribution is 7.47. The molecule has 0 aliphatic heterocycles. The monoisotopic (exact) mass is 1410 g/mol. The summed E-state index contributed by atoms with van der Waals surface area (Å²) in [6.07, 6.45) is 51.5. The van der Waals surface area contributed by atoms with E-state index in [2.05, 4.69) is 55.4 Å². The van der Waals surface area contributed by atoms with E-state index in [1.54, 1.807) is 0 Å². The first-order valence-electron chi connectivity index (χ1n) is 39.7. The molecule has 19 heteroatoms. The van der Waals surface area contributed by atoms with Gasteiger partial charge in [0.25, 0.3) is 0 Å². The standard InChI is InChI=1S/C77H150O17P2/c1-67(2)53-45-37-29-23-17-12-9-10-14-20-26-32-41-49-57-74(79)87-63-72(93-77(82)60-52-44-34-28-22-16-19-25-31-39-47-55-69(5)6)65-91-95(83,84)89-61-71(78)62-90-96(85,86)92-66-73(64-88-75(80)58-50-42-36-35-40-48-56-70(7)8)94-76(81)59-51-43-33-27-21-15-11-13-18-24-30-38-46-54-68(3)4/h67-73,78H,9-66H2,1-8H3,(H,83,84)(H,85,86)/t71-,72-,73-/m1/s1. The third kappa shape index (κ3) is 70.5. The van der Waals surface area contributed by atoms with Crippen molar-refractivity contribution < 1.29 is 80.2 Å². The summed E-state index contributed by atoms with van der Waals surface area (Å²) in [4.78, 5) is 72.8. The lowest BCUT2D eigenvalue weighted by Gasteiger charge is -2.21. The van der Waals surface area contributed by atoms with Crippen molar-refractivity contribution in [2.75, 3.05) is 39.6 Å². The minimum absolute atomic E-state index is 0.106. The largest absolute Gasteiger partial charge is 0.472 e. The van der Waals surface area contributed by atoms with E-state index in [-0.39, 0.29) is 25.7 Å². The Morgan fingerprint density at radius 1 is 0.260 bits per heavy atom. The van der Waals surface area contributed by atoms with Gasteiger partial charge in [0.05, 0.1) is 26.4 Å². The van der Waals surface area contributed by atoms with Crippen LogP contribution in [0.1, 0.15) is 389 Å². The first-order chi connectivity index (χ1) is 46.1. The van der Waals surface area contributed by atoms with Crippen molar-refractivity contribution in [1.82, 2.24) is 0 Å². The van der Waals surface area contributed by atoms with Gasteiger partial charge in [0, 0.05) is 25.7 Å². The highest BCUT2D eigenvalue weighted by Crippen LogP contribution is 2.45. The van der Waals surface area contributed by atoms with Gasteiger partial charge in [-0.2, -0.15) is 0 Å². The van der Waals surface area contributed by atoms with E-state index in [9.17, 15) is 43.2 Å². The molecule has 5 atom stereocenters. The lowest BCUT2D eigenvalue weighted by molar-refractivity contribution is -0.161. The van der Waals surface area contributed by atoms with Gasteiger partial charge in [-0.05, 0) is 49.4 Å². The van der Waals surface area contributed by atoms with Crippen molar-refractivity contribution in [2.24, 2.45) is 23.7 Å². The van der Waals surface area contributed by atoms with E-state index < -0.39 is 97.5 Å². The van der Waals surface area contributed by atoms with Crippen LogP contribution in [0.25, 0.3) is 0 Å². The quantitative estimate of drug-likeness (QED) is 0.0222. The number of phosphoric acid groups is 2. The molecule has 0 aromatic heterocycles. The Bertz CT molecular complexity index is 1880. The predicted octanol–water partition coefficient (Wildman–Crippen LogP) is 22.4. The molecule has 0 fully saturated rings. The summed E-state index contributed by atoms with van der Waals surface area (Å²) >= 11 is 0. The zero-order valence-electron chi connectivity index (χ0n) is 63.0. The molecule has 0 aliphatic rings. The Morgan fingerprint density at radius 3 is 0.646 bits per heavy atom. The normalized spacial score (nSPS) is 14.1. The van der Waals surface area contributed by atoms with E-state index in [0.717, 1.165) is 114 Å². The van der Waals surface area contributed by atoms with Crippen LogP contribution in [-0.4, -0.2) is 96.7 Å². The molecule has 0 bridgehead atoms. The van der Waals surface area contributed by atoms with E-state index in [1.807, 2.05) is 0 Å². The first-order valence-corrected chi connectivity index (χ1v) is 42.7. The Hall–Kier alpha value is -1.94. The Morgan fingerprint density at radius 2 is 0.438 bits per heavy atom. The third-order valence-electron chi connectivity index (χ3n) is 17.8. The number of esters is 4. The summed E-state index contributed by atoms with van der Waals surface area (Å²) in [5, 5.41) is 10.6. The number of rotatable bonds is 74. The number of unbranched alkanes of at least 4 members (excludes halogenated alkanes) is 40. The molecule has 17 nitrogen and oxygen atoms in total. The molecule has 0 aromatic carbocycles. The molecule has 0 spiro atoms. The molecule has 0 radical (unpaired) electrons. The van der Waals surface area contributed by atoms with Crippen molar-refractivity contribution in [3.8, 4) is 0 Å². The number of hydrogen-bond acceptors (Lipinski definition) is 15. The van der Waals surface area contributed by atoms with Crippen LogP contribution in [0.3, 0.4) is 0 Å². The molecule has 0 saturated carbocycles. The molecule has 0 amide bonds.